The minimum atomic E-state index is -0.0820. The molecule has 0 atom stereocenters. The Morgan fingerprint density at radius 1 is 0.481 bits per heavy atom. The first kappa shape index (κ1) is 29.6. The molecule has 3 heterocycles. The molecule has 0 fully saturated rings. The van der Waals surface area contributed by atoms with E-state index in [0.717, 1.165) is 17.1 Å². The number of aromatic nitrogens is 1. The average Bonchev–Trinajstić information content (AvgIpc) is 3.92. The molecule has 52 heavy (non-hydrogen) atoms. The number of para-hydroxylation sites is 2. The van der Waals surface area contributed by atoms with Gasteiger partial charge in [0.15, 0.2) is 0 Å². The number of benzene rings is 7. The lowest BCUT2D eigenvalue weighted by atomic mass is 9.82. The molecule has 0 radical (unpaired) electrons. The molecule has 0 aliphatic heterocycles. The van der Waals surface area contributed by atoms with Gasteiger partial charge in [0.1, 0.15) is 0 Å². The summed E-state index contributed by atoms with van der Waals surface area (Å²) in [4.78, 5) is 3.73. The van der Waals surface area contributed by atoms with Gasteiger partial charge in [0.2, 0.25) is 0 Å². The van der Waals surface area contributed by atoms with Crippen LogP contribution in [-0.4, -0.2) is 4.40 Å². The van der Waals surface area contributed by atoms with Crippen molar-refractivity contribution >= 4 is 66.5 Å². The minimum Gasteiger partial charge on any atom is -0.310 e. The lowest BCUT2D eigenvalue weighted by molar-refractivity contribution is 0.660. The highest BCUT2D eigenvalue weighted by Gasteiger charge is 2.35. The van der Waals surface area contributed by atoms with Crippen LogP contribution in [0.5, 0.6) is 0 Å². The molecule has 10 aromatic rings. The van der Waals surface area contributed by atoms with Crippen molar-refractivity contribution < 1.29 is 0 Å². The zero-order chi connectivity index (χ0) is 34.6. The van der Waals surface area contributed by atoms with E-state index in [4.69, 9.17) is 0 Å². The molecule has 3 aromatic heterocycles. The first-order valence-electron chi connectivity index (χ1n) is 18.0. The van der Waals surface area contributed by atoms with Crippen LogP contribution < -0.4 is 4.90 Å². The smallest absolute Gasteiger partial charge is 0.0655 e. The van der Waals surface area contributed by atoms with E-state index in [1.165, 1.54) is 81.9 Å². The number of fused-ring (bicyclic) bond motifs is 9. The van der Waals surface area contributed by atoms with Crippen molar-refractivity contribution in [2.24, 2.45) is 0 Å². The lowest BCUT2D eigenvalue weighted by Gasteiger charge is -2.28. The van der Waals surface area contributed by atoms with Gasteiger partial charge in [-0.15, -0.1) is 11.3 Å². The number of nitrogens with zero attached hydrogens (tertiary/aromatic N) is 2. The quantitative estimate of drug-likeness (QED) is 0.175. The van der Waals surface area contributed by atoms with Crippen LogP contribution >= 0.6 is 11.3 Å². The fraction of sp³-hybridized carbons (Fsp3) is 0.0612. The first-order chi connectivity index (χ1) is 25.6. The van der Waals surface area contributed by atoms with Crippen LogP contribution in [0.2, 0.25) is 0 Å². The largest absolute Gasteiger partial charge is 0.310 e. The number of hydrogen-bond donors (Lipinski definition) is 0. The standard InChI is InChI=1S/C49H34N2S/c1-49(2)42-17-8-6-13-37(42)38-28-27-36(29-43(38)49)50(34-23-19-32(20-24-34)31-11-4-3-5-12-31)35-25-21-33(22-26-35)48-46-41-16-10-15-40-39-14-7-9-18-44(39)51(47(40)41)45(46)30-52-48/h3-30H,1-2H3. The Bertz CT molecular complexity index is 2960. The predicted octanol–water partition coefficient (Wildman–Crippen LogP) is 14.0. The molecule has 0 N–H and O–H groups in total. The molecule has 0 bridgehead atoms. The van der Waals surface area contributed by atoms with Crippen molar-refractivity contribution in [2.75, 3.05) is 4.90 Å². The van der Waals surface area contributed by atoms with Gasteiger partial charge < -0.3 is 9.30 Å². The Hall–Kier alpha value is -6.16. The van der Waals surface area contributed by atoms with Gasteiger partial charge in [-0.2, -0.15) is 0 Å². The predicted molar refractivity (Wildman–Crippen MR) is 222 cm³/mol. The van der Waals surface area contributed by atoms with Gasteiger partial charge in [-0.3, -0.25) is 0 Å². The Balaban J connectivity index is 1.05. The third-order valence-corrected chi connectivity index (χ3v) is 12.4. The van der Waals surface area contributed by atoms with E-state index in [0.29, 0.717) is 0 Å². The summed E-state index contributed by atoms with van der Waals surface area (Å²) in [5, 5.41) is 7.65. The van der Waals surface area contributed by atoms with E-state index in [9.17, 15) is 0 Å². The van der Waals surface area contributed by atoms with Gasteiger partial charge in [-0.05, 0) is 81.4 Å². The number of hydrogen-bond acceptors (Lipinski definition) is 2. The SMILES string of the molecule is CC1(C)c2ccccc2-c2ccc(N(c3ccc(-c4ccccc4)cc3)c3ccc(-c4scc5c4c4cccc6c7ccccc7n5c64)cc3)cc21. The molecule has 246 valence electrons. The summed E-state index contributed by atoms with van der Waals surface area (Å²) in [6, 6.07) is 60.3. The molecule has 0 amide bonds. The highest BCUT2D eigenvalue weighted by molar-refractivity contribution is 7.15. The van der Waals surface area contributed by atoms with Crippen molar-refractivity contribution in [1.29, 1.82) is 0 Å². The van der Waals surface area contributed by atoms with Crippen LogP contribution in [0.1, 0.15) is 25.0 Å². The van der Waals surface area contributed by atoms with E-state index in [-0.39, 0.29) is 5.41 Å². The maximum Gasteiger partial charge on any atom is 0.0655 e. The van der Waals surface area contributed by atoms with Crippen LogP contribution in [-0.2, 0) is 5.41 Å². The summed E-state index contributed by atoms with van der Waals surface area (Å²) < 4.78 is 2.47. The number of anilines is 3. The average molecular weight is 683 g/mol. The third-order valence-electron chi connectivity index (χ3n) is 11.4. The van der Waals surface area contributed by atoms with Gasteiger partial charge in [0.25, 0.3) is 0 Å². The molecular formula is C49H34N2S. The molecule has 11 rings (SSSR count). The van der Waals surface area contributed by atoms with Crippen molar-refractivity contribution in [3.63, 3.8) is 0 Å². The second kappa shape index (κ2) is 10.9. The zero-order valence-electron chi connectivity index (χ0n) is 29.0. The van der Waals surface area contributed by atoms with Crippen LogP contribution in [0.15, 0.2) is 169 Å². The topological polar surface area (TPSA) is 7.65 Å². The van der Waals surface area contributed by atoms with E-state index >= 15 is 0 Å². The normalized spacial score (nSPS) is 13.3. The molecular weight excluding hydrogens is 649 g/mol. The molecule has 3 heteroatoms. The van der Waals surface area contributed by atoms with Gasteiger partial charge in [0, 0.05) is 54.3 Å². The lowest BCUT2D eigenvalue weighted by Crippen LogP contribution is -2.16. The highest BCUT2D eigenvalue weighted by atomic mass is 32.1. The van der Waals surface area contributed by atoms with Gasteiger partial charge in [0.05, 0.1) is 16.6 Å². The van der Waals surface area contributed by atoms with Crippen molar-refractivity contribution in [1.82, 2.24) is 4.40 Å². The molecule has 2 nitrogen and oxygen atoms in total. The number of thiophene rings is 1. The first-order valence-corrected chi connectivity index (χ1v) is 18.9. The Morgan fingerprint density at radius 2 is 1.10 bits per heavy atom. The second-order valence-corrected chi connectivity index (χ2v) is 15.5. The summed E-state index contributed by atoms with van der Waals surface area (Å²) in [7, 11) is 0. The molecule has 0 saturated carbocycles. The Kier molecular flexibility index (Phi) is 6.21. The molecule has 1 aliphatic rings. The third kappa shape index (κ3) is 4.11. The molecule has 7 aromatic carbocycles. The molecule has 0 spiro atoms. The van der Waals surface area contributed by atoms with E-state index in [1.54, 1.807) is 0 Å². The van der Waals surface area contributed by atoms with Crippen LogP contribution in [0.4, 0.5) is 17.1 Å². The number of rotatable bonds is 5. The van der Waals surface area contributed by atoms with Gasteiger partial charge in [-0.1, -0.05) is 135 Å². The molecule has 0 saturated heterocycles. The summed E-state index contributed by atoms with van der Waals surface area (Å²) >= 11 is 1.84. The molecule has 1 aliphatic carbocycles. The van der Waals surface area contributed by atoms with Gasteiger partial charge >= 0.3 is 0 Å². The Morgan fingerprint density at radius 3 is 1.90 bits per heavy atom. The highest BCUT2D eigenvalue weighted by Crippen LogP contribution is 2.51. The van der Waals surface area contributed by atoms with Crippen LogP contribution in [0.3, 0.4) is 0 Å². The molecule has 0 unspecified atom stereocenters. The summed E-state index contributed by atoms with van der Waals surface area (Å²) in [6.07, 6.45) is 0. The zero-order valence-corrected chi connectivity index (χ0v) is 29.8. The summed E-state index contributed by atoms with van der Waals surface area (Å²) in [5.41, 5.74) is 16.4. The van der Waals surface area contributed by atoms with Crippen LogP contribution in [0.25, 0.3) is 70.8 Å². The fourth-order valence-corrected chi connectivity index (χ4v) is 9.99. The van der Waals surface area contributed by atoms with Crippen LogP contribution in [0, 0.1) is 0 Å². The van der Waals surface area contributed by atoms with Crippen molar-refractivity contribution in [3.05, 3.63) is 180 Å². The maximum atomic E-state index is 2.47. The van der Waals surface area contributed by atoms with Crippen molar-refractivity contribution in [2.45, 2.75) is 19.3 Å². The van der Waals surface area contributed by atoms with Crippen molar-refractivity contribution in [3.8, 4) is 32.7 Å². The minimum absolute atomic E-state index is 0.0820. The van der Waals surface area contributed by atoms with E-state index < -0.39 is 0 Å². The second-order valence-electron chi connectivity index (χ2n) is 14.6. The fourth-order valence-electron chi connectivity index (χ4n) is 8.93. The maximum absolute atomic E-state index is 2.47. The summed E-state index contributed by atoms with van der Waals surface area (Å²) in [5.74, 6) is 0. The monoisotopic (exact) mass is 682 g/mol. The van der Waals surface area contributed by atoms with E-state index in [1.807, 2.05) is 11.3 Å². The Labute approximate surface area is 306 Å². The van der Waals surface area contributed by atoms with Gasteiger partial charge in [-0.25, -0.2) is 0 Å². The summed E-state index contributed by atoms with van der Waals surface area (Å²) in [6.45, 7) is 4.71. The van der Waals surface area contributed by atoms with E-state index in [2.05, 4.69) is 192 Å².